The molecule has 0 bridgehead atoms. The molecule has 1 amide bonds. The first-order valence-corrected chi connectivity index (χ1v) is 7.30. The minimum absolute atomic E-state index is 0.0600. The van der Waals surface area contributed by atoms with Crippen molar-refractivity contribution >= 4 is 11.6 Å². The number of nitrogens with zero attached hydrogens (tertiary/aromatic N) is 3. The zero-order valence-corrected chi connectivity index (χ0v) is 12.6. The molecule has 2 heterocycles. The van der Waals surface area contributed by atoms with Crippen LogP contribution in [0.2, 0.25) is 0 Å². The highest BCUT2D eigenvalue weighted by molar-refractivity contribution is 5.98. The first-order valence-electron chi connectivity index (χ1n) is 7.30. The minimum atomic E-state index is -0.0600. The van der Waals surface area contributed by atoms with Crippen molar-refractivity contribution < 1.29 is 9.53 Å². The Morgan fingerprint density at radius 3 is 2.80 bits per heavy atom. The van der Waals surface area contributed by atoms with Crippen LogP contribution in [-0.2, 0) is 18.2 Å². The number of aromatic nitrogens is 2. The number of rotatable bonds is 5. The lowest BCUT2D eigenvalue weighted by Crippen LogP contribution is -2.38. The monoisotopic (exact) mass is 280 g/mol. The van der Waals surface area contributed by atoms with E-state index in [2.05, 4.69) is 5.10 Å². The molecular formula is C14H24N4O2. The topological polar surface area (TPSA) is 73.4 Å². The van der Waals surface area contributed by atoms with Gasteiger partial charge in [0.15, 0.2) is 0 Å². The maximum atomic E-state index is 12.7. The van der Waals surface area contributed by atoms with E-state index in [9.17, 15) is 4.79 Å². The van der Waals surface area contributed by atoms with Crippen molar-refractivity contribution in [3.63, 3.8) is 0 Å². The third-order valence-electron chi connectivity index (χ3n) is 3.81. The molecule has 1 unspecified atom stereocenters. The molecule has 0 aromatic carbocycles. The van der Waals surface area contributed by atoms with Crippen molar-refractivity contribution in [1.82, 2.24) is 14.7 Å². The van der Waals surface area contributed by atoms with E-state index >= 15 is 0 Å². The number of amides is 1. The summed E-state index contributed by atoms with van der Waals surface area (Å²) in [5, 5.41) is 4.31. The quantitative estimate of drug-likeness (QED) is 0.879. The molecule has 1 aliphatic rings. The number of carbonyl (C=O) groups is 1. The van der Waals surface area contributed by atoms with E-state index in [1.165, 1.54) is 0 Å². The second-order valence-corrected chi connectivity index (χ2v) is 5.16. The van der Waals surface area contributed by atoms with E-state index in [0.717, 1.165) is 31.6 Å². The van der Waals surface area contributed by atoms with E-state index in [0.29, 0.717) is 24.5 Å². The van der Waals surface area contributed by atoms with Crippen LogP contribution in [0.25, 0.3) is 0 Å². The second kappa shape index (κ2) is 6.26. The molecule has 6 heteroatoms. The van der Waals surface area contributed by atoms with Crippen molar-refractivity contribution in [2.75, 3.05) is 25.4 Å². The number of nitrogen functional groups attached to an aromatic ring is 1. The summed E-state index contributed by atoms with van der Waals surface area (Å²) in [6.07, 6.45) is 2.97. The molecule has 112 valence electrons. The Kier molecular flexibility index (Phi) is 4.65. The summed E-state index contributed by atoms with van der Waals surface area (Å²) in [5.74, 6) is -0.0600. The highest BCUT2D eigenvalue weighted by atomic mass is 16.5. The number of nitrogens with two attached hydrogens (primary N) is 1. The Bertz CT molecular complexity index is 478. The smallest absolute Gasteiger partial charge is 0.274 e. The predicted molar refractivity (Wildman–Crippen MR) is 77.5 cm³/mol. The number of carbonyl (C=O) groups excluding carboxylic acids is 1. The molecular weight excluding hydrogens is 256 g/mol. The fraction of sp³-hybridized carbons (Fsp3) is 0.714. The molecule has 20 heavy (non-hydrogen) atoms. The first-order chi connectivity index (χ1) is 9.58. The molecule has 2 rings (SSSR count). The molecule has 0 spiro atoms. The van der Waals surface area contributed by atoms with Crippen LogP contribution in [0.5, 0.6) is 0 Å². The van der Waals surface area contributed by atoms with Crippen LogP contribution in [0.4, 0.5) is 5.69 Å². The summed E-state index contributed by atoms with van der Waals surface area (Å²) in [6, 6.07) is 0. The van der Waals surface area contributed by atoms with Crippen LogP contribution < -0.4 is 5.73 Å². The number of anilines is 1. The highest BCUT2D eigenvalue weighted by Crippen LogP contribution is 2.20. The average molecular weight is 280 g/mol. The van der Waals surface area contributed by atoms with Gasteiger partial charge in [-0.15, -0.1) is 0 Å². The standard InChI is InChI=1S/C14H24N4O2/c1-4-11-12(15)13(17(3)16-11)14(19)18(5-2)9-10-7-6-8-20-10/h10H,4-9,15H2,1-3H3. The summed E-state index contributed by atoms with van der Waals surface area (Å²) in [7, 11) is 1.77. The maximum absolute atomic E-state index is 12.7. The summed E-state index contributed by atoms with van der Waals surface area (Å²) in [6.45, 7) is 6.02. The molecule has 1 fully saturated rings. The summed E-state index contributed by atoms with van der Waals surface area (Å²) < 4.78 is 7.20. The third kappa shape index (κ3) is 2.80. The van der Waals surface area contributed by atoms with Gasteiger partial charge in [0.1, 0.15) is 5.69 Å². The van der Waals surface area contributed by atoms with Gasteiger partial charge in [0.25, 0.3) is 5.91 Å². The number of ether oxygens (including phenoxy) is 1. The number of likely N-dealkylation sites (N-methyl/N-ethyl adjacent to an activating group) is 1. The molecule has 1 atom stereocenters. The van der Waals surface area contributed by atoms with Crippen molar-refractivity contribution in [2.45, 2.75) is 39.2 Å². The zero-order valence-electron chi connectivity index (χ0n) is 12.6. The largest absolute Gasteiger partial charge is 0.395 e. The van der Waals surface area contributed by atoms with Gasteiger partial charge in [-0.2, -0.15) is 5.10 Å². The summed E-state index contributed by atoms with van der Waals surface area (Å²) >= 11 is 0. The van der Waals surface area contributed by atoms with Crippen molar-refractivity contribution in [2.24, 2.45) is 7.05 Å². The Morgan fingerprint density at radius 2 is 2.30 bits per heavy atom. The Hall–Kier alpha value is -1.56. The number of hydrogen-bond donors (Lipinski definition) is 1. The fourth-order valence-electron chi connectivity index (χ4n) is 2.65. The van der Waals surface area contributed by atoms with E-state index in [1.807, 2.05) is 13.8 Å². The molecule has 1 aromatic heterocycles. The van der Waals surface area contributed by atoms with Crippen LogP contribution in [0.3, 0.4) is 0 Å². The summed E-state index contributed by atoms with van der Waals surface area (Å²) in [4.78, 5) is 14.5. The molecule has 1 saturated heterocycles. The van der Waals surface area contributed by atoms with Gasteiger partial charge in [0, 0.05) is 26.7 Å². The van der Waals surface area contributed by atoms with Crippen molar-refractivity contribution in [3.05, 3.63) is 11.4 Å². The van der Waals surface area contributed by atoms with Gasteiger partial charge in [-0.1, -0.05) is 6.92 Å². The Balaban J connectivity index is 2.17. The van der Waals surface area contributed by atoms with Gasteiger partial charge < -0.3 is 15.4 Å². The SMILES string of the molecule is CCc1nn(C)c(C(=O)N(CC)CC2CCCO2)c1N. The minimum Gasteiger partial charge on any atom is -0.395 e. The fourth-order valence-corrected chi connectivity index (χ4v) is 2.65. The van der Waals surface area contributed by atoms with Gasteiger partial charge in [-0.3, -0.25) is 9.48 Å². The lowest BCUT2D eigenvalue weighted by atomic mass is 10.2. The lowest BCUT2D eigenvalue weighted by Gasteiger charge is -2.24. The third-order valence-corrected chi connectivity index (χ3v) is 3.81. The van der Waals surface area contributed by atoms with Crippen LogP contribution >= 0.6 is 0 Å². The van der Waals surface area contributed by atoms with E-state index in [1.54, 1.807) is 16.6 Å². The molecule has 0 saturated carbocycles. The van der Waals surface area contributed by atoms with Crippen LogP contribution in [0.15, 0.2) is 0 Å². The lowest BCUT2D eigenvalue weighted by molar-refractivity contribution is 0.0532. The number of hydrogen-bond acceptors (Lipinski definition) is 4. The van der Waals surface area contributed by atoms with E-state index in [-0.39, 0.29) is 12.0 Å². The van der Waals surface area contributed by atoms with Gasteiger partial charge in [-0.05, 0) is 26.2 Å². The van der Waals surface area contributed by atoms with Gasteiger partial charge >= 0.3 is 0 Å². The number of aryl methyl sites for hydroxylation is 2. The Labute approximate surface area is 119 Å². The van der Waals surface area contributed by atoms with Crippen LogP contribution in [0.1, 0.15) is 42.9 Å². The molecule has 0 radical (unpaired) electrons. The van der Waals surface area contributed by atoms with Crippen LogP contribution in [0, 0.1) is 0 Å². The normalized spacial score (nSPS) is 18.4. The highest BCUT2D eigenvalue weighted by Gasteiger charge is 2.26. The molecule has 1 aliphatic heterocycles. The van der Waals surface area contributed by atoms with Gasteiger partial charge in [0.2, 0.25) is 0 Å². The predicted octanol–water partition coefficient (Wildman–Crippen LogP) is 1.21. The first kappa shape index (κ1) is 14.8. The second-order valence-electron chi connectivity index (χ2n) is 5.16. The molecule has 0 aliphatic carbocycles. The van der Waals surface area contributed by atoms with E-state index in [4.69, 9.17) is 10.5 Å². The van der Waals surface area contributed by atoms with Gasteiger partial charge in [0.05, 0.1) is 17.5 Å². The maximum Gasteiger partial charge on any atom is 0.274 e. The van der Waals surface area contributed by atoms with E-state index < -0.39 is 0 Å². The van der Waals surface area contributed by atoms with Crippen LogP contribution in [-0.4, -0.2) is 46.4 Å². The average Bonchev–Trinajstić information content (AvgIpc) is 3.03. The van der Waals surface area contributed by atoms with Crippen molar-refractivity contribution in [1.29, 1.82) is 0 Å². The molecule has 6 nitrogen and oxygen atoms in total. The molecule has 2 N–H and O–H groups in total. The molecule has 1 aromatic rings. The van der Waals surface area contributed by atoms with Crippen molar-refractivity contribution in [3.8, 4) is 0 Å². The Morgan fingerprint density at radius 1 is 1.55 bits per heavy atom. The summed E-state index contributed by atoms with van der Waals surface area (Å²) in [5.41, 5.74) is 7.83. The zero-order chi connectivity index (χ0) is 14.7. The van der Waals surface area contributed by atoms with Gasteiger partial charge in [-0.25, -0.2) is 0 Å².